The molecule has 0 bridgehead atoms. The number of ether oxygens (including phenoxy) is 2. The number of halogens is 12. The predicted octanol–water partition coefficient (Wildman–Crippen LogP) is 10.1. The van der Waals surface area contributed by atoms with Gasteiger partial charge in [0.05, 0.1) is 30.7 Å². The van der Waals surface area contributed by atoms with Crippen molar-refractivity contribution < 1.29 is 78.3 Å². The van der Waals surface area contributed by atoms with Crippen LogP contribution in [0.2, 0.25) is 0 Å². The first-order valence-corrected chi connectivity index (χ1v) is 23.9. The van der Waals surface area contributed by atoms with Crippen molar-refractivity contribution in [2.45, 2.75) is 19.6 Å². The molecule has 0 amide bonds. The second-order valence-electron chi connectivity index (χ2n) is 11.5. The number of hydrogen-bond acceptors (Lipinski definition) is 10. The zero-order valence-electron chi connectivity index (χ0n) is 27.0. The van der Waals surface area contributed by atoms with Crippen LogP contribution in [0, 0.1) is 46.5 Å². The number of benzene rings is 6. The van der Waals surface area contributed by atoms with E-state index < -0.39 is 136 Å². The van der Waals surface area contributed by atoms with Crippen LogP contribution < -0.4 is 9.47 Å². The van der Waals surface area contributed by atoms with Gasteiger partial charge in [0, 0.05) is 65.6 Å². The minimum atomic E-state index is -4.75. The average Bonchev–Trinajstić information content (AvgIpc) is 3.12. The second kappa shape index (κ2) is 14.8. The maximum atomic E-state index is 15.6. The van der Waals surface area contributed by atoms with E-state index in [2.05, 4.69) is 0 Å². The third-order valence-electron chi connectivity index (χ3n) is 7.97. The van der Waals surface area contributed by atoms with Gasteiger partial charge < -0.3 is 9.47 Å². The predicted molar refractivity (Wildman–Crippen MR) is 192 cm³/mol. The van der Waals surface area contributed by atoms with Crippen LogP contribution in [0.5, 0.6) is 23.0 Å². The standard InChI is InChI=1S/C32H10Cl4F8O10S4/c33-55(45,46)13-1-3-17-11(5-13)7-15(57(35,49)50)9-19(17)53-31-27(41)23(37)21(24(38)28(31)42)22-25(39)29(43)32(30(44)26(22)40)54-20-10-16(58(36,51)52)8-12-6-14(56(34,47)48)2-4-18(12)20/h1-10H. The maximum Gasteiger partial charge on any atom is 0.261 e. The van der Waals surface area contributed by atoms with E-state index in [1.807, 2.05) is 0 Å². The normalized spacial score (nSPS) is 12.7. The summed E-state index contributed by atoms with van der Waals surface area (Å²) in [4.78, 5) is -3.07. The van der Waals surface area contributed by atoms with Crippen LogP contribution in [0.15, 0.2) is 80.2 Å². The summed E-state index contributed by atoms with van der Waals surface area (Å²) in [7, 11) is 2.89. The molecular weight excluding hydrogens is 966 g/mol. The van der Waals surface area contributed by atoms with Gasteiger partial charge in [0.2, 0.25) is 34.8 Å². The Labute approximate surface area is 337 Å². The SMILES string of the molecule is O=S(=O)(Cl)c1ccc2c(Oc3c(F)c(F)c(-c4c(F)c(F)c(Oc5cc(S(=O)(=O)Cl)cc6cc(S(=O)(=O)Cl)ccc56)c(F)c4F)c(F)c3F)cc(S(=O)(=O)Cl)cc2c1. The Morgan fingerprint density at radius 3 is 0.879 bits per heavy atom. The fraction of sp³-hybridized carbons (Fsp3) is 0. The fourth-order valence-corrected chi connectivity index (χ4v) is 8.53. The molecule has 0 radical (unpaired) electrons. The zero-order valence-corrected chi connectivity index (χ0v) is 33.3. The van der Waals surface area contributed by atoms with Gasteiger partial charge in [-0.2, -0.15) is 17.6 Å². The monoisotopic (exact) mass is 974 g/mol. The second-order valence-corrected chi connectivity index (χ2v) is 21.7. The van der Waals surface area contributed by atoms with Gasteiger partial charge in [-0.05, 0) is 59.3 Å². The maximum absolute atomic E-state index is 15.6. The molecule has 0 N–H and O–H groups in total. The van der Waals surface area contributed by atoms with Crippen molar-refractivity contribution in [2.75, 3.05) is 0 Å². The first kappa shape index (κ1) is 43.4. The van der Waals surface area contributed by atoms with Gasteiger partial charge in [-0.15, -0.1) is 0 Å². The van der Waals surface area contributed by atoms with E-state index >= 15 is 35.1 Å². The Morgan fingerprint density at radius 1 is 0.362 bits per heavy atom. The van der Waals surface area contributed by atoms with Gasteiger partial charge in [0.1, 0.15) is 11.5 Å². The summed E-state index contributed by atoms with van der Waals surface area (Å²) in [6.45, 7) is 0. The largest absolute Gasteiger partial charge is 0.450 e. The highest BCUT2D eigenvalue weighted by Gasteiger charge is 2.36. The lowest BCUT2D eigenvalue weighted by atomic mass is 10.0. The lowest BCUT2D eigenvalue weighted by Crippen LogP contribution is -2.09. The molecule has 0 saturated heterocycles. The Morgan fingerprint density at radius 2 is 0.621 bits per heavy atom. The molecule has 0 fully saturated rings. The summed E-state index contributed by atoms with van der Waals surface area (Å²) in [5.41, 5.74) is -4.76. The van der Waals surface area contributed by atoms with Crippen molar-refractivity contribution in [3.05, 3.63) is 107 Å². The zero-order chi connectivity index (χ0) is 43.2. The van der Waals surface area contributed by atoms with E-state index in [9.17, 15) is 33.7 Å². The smallest absolute Gasteiger partial charge is 0.261 e. The highest BCUT2D eigenvalue weighted by molar-refractivity contribution is 8.14. The van der Waals surface area contributed by atoms with Crippen molar-refractivity contribution in [2.24, 2.45) is 0 Å². The topological polar surface area (TPSA) is 155 Å². The number of fused-ring (bicyclic) bond motifs is 2. The summed E-state index contributed by atoms with van der Waals surface area (Å²) in [6.07, 6.45) is 0. The molecule has 0 spiro atoms. The molecule has 0 aliphatic rings. The first-order chi connectivity index (χ1) is 26.6. The highest BCUT2D eigenvalue weighted by Crippen LogP contribution is 2.45. The Hall–Kier alpha value is -4.16. The summed E-state index contributed by atoms with van der Waals surface area (Å²) in [6, 6.07) is 7.40. The van der Waals surface area contributed by atoms with Gasteiger partial charge in [-0.25, -0.2) is 51.2 Å². The van der Waals surface area contributed by atoms with Crippen LogP contribution in [-0.2, 0) is 36.2 Å². The molecule has 6 rings (SSSR count). The molecule has 0 aliphatic heterocycles. The molecule has 0 aliphatic carbocycles. The molecule has 0 saturated carbocycles. The van der Waals surface area contributed by atoms with Crippen molar-refractivity contribution >= 4 is 100 Å². The molecule has 0 unspecified atom stereocenters. The minimum absolute atomic E-state index is 0.375. The van der Waals surface area contributed by atoms with Crippen molar-refractivity contribution in [3.63, 3.8) is 0 Å². The van der Waals surface area contributed by atoms with E-state index in [1.165, 1.54) is 0 Å². The molecule has 26 heteroatoms. The van der Waals surface area contributed by atoms with Crippen molar-refractivity contribution in [1.29, 1.82) is 0 Å². The van der Waals surface area contributed by atoms with Gasteiger partial charge in [0.25, 0.3) is 36.2 Å². The molecule has 58 heavy (non-hydrogen) atoms. The van der Waals surface area contributed by atoms with Crippen molar-refractivity contribution in [3.8, 4) is 34.1 Å². The molecule has 10 nitrogen and oxygen atoms in total. The van der Waals surface area contributed by atoms with Crippen LogP contribution in [-0.4, -0.2) is 33.7 Å². The quantitative estimate of drug-likeness (QED) is 0.0777. The third kappa shape index (κ3) is 7.95. The molecule has 0 heterocycles. The van der Waals surface area contributed by atoms with Crippen LogP contribution in [0.1, 0.15) is 0 Å². The lowest BCUT2D eigenvalue weighted by Gasteiger charge is -2.17. The summed E-state index contributed by atoms with van der Waals surface area (Å²) in [5.74, 6) is -27.3. The number of hydrogen-bond donors (Lipinski definition) is 0. The Kier molecular flexibility index (Phi) is 11.1. The third-order valence-corrected chi connectivity index (χ3v) is 13.3. The average molecular weight is 976 g/mol. The van der Waals surface area contributed by atoms with Crippen LogP contribution in [0.4, 0.5) is 35.1 Å². The summed E-state index contributed by atoms with van der Waals surface area (Å²) in [5, 5.41) is -1.52. The molecule has 306 valence electrons. The molecule has 0 atom stereocenters. The molecule has 0 aromatic heterocycles. The molecule has 6 aromatic rings. The van der Waals surface area contributed by atoms with Gasteiger partial charge >= 0.3 is 0 Å². The number of rotatable bonds is 9. The Balaban J connectivity index is 1.51. The van der Waals surface area contributed by atoms with E-state index in [-0.39, 0.29) is 21.5 Å². The van der Waals surface area contributed by atoms with Gasteiger partial charge in [-0.1, -0.05) is 0 Å². The van der Waals surface area contributed by atoms with E-state index in [1.54, 1.807) is 0 Å². The van der Waals surface area contributed by atoms with E-state index in [0.717, 1.165) is 48.5 Å². The first-order valence-electron chi connectivity index (χ1n) is 14.6. The van der Waals surface area contributed by atoms with E-state index in [4.69, 9.17) is 52.2 Å². The summed E-state index contributed by atoms with van der Waals surface area (Å²) >= 11 is 0. The van der Waals surface area contributed by atoms with Crippen LogP contribution >= 0.6 is 42.7 Å². The van der Waals surface area contributed by atoms with Crippen LogP contribution in [0.25, 0.3) is 32.7 Å². The Bertz CT molecular complexity index is 3000. The van der Waals surface area contributed by atoms with Gasteiger partial charge in [-0.3, -0.25) is 0 Å². The fourth-order valence-electron chi connectivity index (χ4n) is 5.39. The molecular formula is C32H10Cl4F8O10S4. The highest BCUT2D eigenvalue weighted by atomic mass is 35.7. The summed E-state index contributed by atoms with van der Waals surface area (Å²) < 4.78 is 230. The van der Waals surface area contributed by atoms with Gasteiger partial charge in [0.15, 0.2) is 23.3 Å². The van der Waals surface area contributed by atoms with E-state index in [0.29, 0.717) is 12.1 Å². The lowest BCUT2D eigenvalue weighted by molar-refractivity contribution is 0.362. The van der Waals surface area contributed by atoms with Crippen molar-refractivity contribution in [1.82, 2.24) is 0 Å². The molecule has 6 aromatic carbocycles. The minimum Gasteiger partial charge on any atom is -0.450 e. The van der Waals surface area contributed by atoms with Crippen LogP contribution in [0.3, 0.4) is 0 Å².